The Morgan fingerprint density at radius 2 is 2.14 bits per heavy atom. The second-order valence-electron chi connectivity index (χ2n) is 5.26. The molecular formula is C16H26N2O3. The molecule has 0 aliphatic carbocycles. The minimum Gasteiger partial charge on any atom is -0.492 e. The van der Waals surface area contributed by atoms with Gasteiger partial charge in [0, 0.05) is 6.04 Å². The Morgan fingerprint density at radius 1 is 1.43 bits per heavy atom. The van der Waals surface area contributed by atoms with Crippen molar-refractivity contribution in [1.82, 2.24) is 5.32 Å². The van der Waals surface area contributed by atoms with Gasteiger partial charge < -0.3 is 20.9 Å². The highest BCUT2D eigenvalue weighted by Gasteiger charge is 2.18. The van der Waals surface area contributed by atoms with Crippen LogP contribution in [0.2, 0.25) is 0 Å². The van der Waals surface area contributed by atoms with Crippen molar-refractivity contribution in [1.29, 1.82) is 0 Å². The maximum absolute atomic E-state index is 11.1. The first-order valence-electron chi connectivity index (χ1n) is 7.47. The molecule has 0 fully saturated rings. The second kappa shape index (κ2) is 8.52. The second-order valence-corrected chi connectivity index (χ2v) is 5.26. The van der Waals surface area contributed by atoms with Crippen LogP contribution in [0.1, 0.15) is 39.2 Å². The molecule has 1 aromatic rings. The Hall–Kier alpha value is -1.75. The highest BCUT2D eigenvalue weighted by molar-refractivity contribution is 5.73. The molecule has 21 heavy (non-hydrogen) atoms. The lowest BCUT2D eigenvalue weighted by molar-refractivity contribution is -0.139. The quantitative estimate of drug-likeness (QED) is 0.609. The van der Waals surface area contributed by atoms with Gasteiger partial charge in [-0.2, -0.15) is 0 Å². The summed E-state index contributed by atoms with van der Waals surface area (Å²) in [6.07, 6.45) is 2.20. The van der Waals surface area contributed by atoms with Crippen LogP contribution in [0, 0.1) is 0 Å². The fourth-order valence-electron chi connectivity index (χ4n) is 2.33. The molecule has 5 heteroatoms. The summed E-state index contributed by atoms with van der Waals surface area (Å²) in [5, 5.41) is 12.3. The lowest BCUT2D eigenvalue weighted by Gasteiger charge is -2.20. The van der Waals surface area contributed by atoms with Crippen LogP contribution < -0.4 is 15.8 Å². The smallest absolute Gasteiger partial charge is 0.320 e. The summed E-state index contributed by atoms with van der Waals surface area (Å²) in [5.74, 6) is -0.105. The van der Waals surface area contributed by atoms with Crippen molar-refractivity contribution in [2.75, 3.05) is 12.3 Å². The first-order valence-corrected chi connectivity index (χ1v) is 7.47. The number of hydrogen-bond acceptors (Lipinski definition) is 4. The number of hydrogen-bond donors (Lipinski definition) is 3. The average Bonchev–Trinajstić information content (AvgIpc) is 2.41. The lowest BCUT2D eigenvalue weighted by atomic mass is 10.0. The number of carboxylic acid groups (broad SMARTS) is 1. The number of rotatable bonds is 9. The number of carbonyl (C=O) groups is 1. The van der Waals surface area contributed by atoms with Crippen LogP contribution in [0.5, 0.6) is 5.75 Å². The third kappa shape index (κ3) is 5.63. The van der Waals surface area contributed by atoms with E-state index in [1.54, 1.807) is 0 Å². The van der Waals surface area contributed by atoms with E-state index in [-0.39, 0.29) is 6.04 Å². The molecule has 0 saturated carbocycles. The number of nitrogens with one attached hydrogen (secondary N) is 1. The van der Waals surface area contributed by atoms with E-state index in [2.05, 4.69) is 5.32 Å². The fourth-order valence-corrected chi connectivity index (χ4v) is 2.33. The van der Waals surface area contributed by atoms with Crippen molar-refractivity contribution in [3.05, 3.63) is 23.8 Å². The molecule has 0 aliphatic rings. The van der Waals surface area contributed by atoms with Gasteiger partial charge in [0.15, 0.2) is 0 Å². The monoisotopic (exact) mass is 294 g/mol. The van der Waals surface area contributed by atoms with Crippen LogP contribution in [0.4, 0.5) is 5.69 Å². The molecule has 5 nitrogen and oxygen atoms in total. The van der Waals surface area contributed by atoms with Crippen LogP contribution in [0.15, 0.2) is 18.2 Å². The molecule has 1 rings (SSSR count). The maximum atomic E-state index is 11.1. The van der Waals surface area contributed by atoms with Gasteiger partial charge in [0.05, 0.1) is 12.3 Å². The predicted octanol–water partition coefficient (Wildman–Crippen LogP) is 2.44. The van der Waals surface area contributed by atoms with Gasteiger partial charge in [-0.3, -0.25) is 4.79 Å². The van der Waals surface area contributed by atoms with Gasteiger partial charge in [-0.05, 0) is 44.4 Å². The third-order valence-electron chi connectivity index (χ3n) is 3.28. The minimum absolute atomic E-state index is 0.0648. The Kier molecular flexibility index (Phi) is 7.02. The topological polar surface area (TPSA) is 84.6 Å². The Balaban J connectivity index is 2.63. The van der Waals surface area contributed by atoms with E-state index in [1.165, 1.54) is 0 Å². The van der Waals surface area contributed by atoms with Crippen LogP contribution >= 0.6 is 0 Å². The predicted molar refractivity (Wildman–Crippen MR) is 84.7 cm³/mol. The van der Waals surface area contributed by atoms with Gasteiger partial charge in [-0.1, -0.05) is 19.4 Å². The number of aliphatic carboxylic acids is 1. The number of carboxylic acids is 1. The van der Waals surface area contributed by atoms with E-state index in [4.69, 9.17) is 15.6 Å². The number of benzene rings is 1. The van der Waals surface area contributed by atoms with Crippen LogP contribution in [-0.4, -0.2) is 29.8 Å². The molecule has 0 spiro atoms. The van der Waals surface area contributed by atoms with Crippen molar-refractivity contribution in [2.24, 2.45) is 0 Å². The normalized spacial score (nSPS) is 13.7. The van der Waals surface area contributed by atoms with Gasteiger partial charge in [-0.15, -0.1) is 0 Å². The summed E-state index contributed by atoms with van der Waals surface area (Å²) < 4.78 is 5.41. The van der Waals surface area contributed by atoms with Crippen LogP contribution in [0.25, 0.3) is 0 Å². The van der Waals surface area contributed by atoms with Crippen molar-refractivity contribution < 1.29 is 14.6 Å². The molecule has 2 atom stereocenters. The van der Waals surface area contributed by atoms with Gasteiger partial charge in [0.1, 0.15) is 11.8 Å². The van der Waals surface area contributed by atoms with Gasteiger partial charge in [0.25, 0.3) is 0 Å². The highest BCUT2D eigenvalue weighted by atomic mass is 16.5. The third-order valence-corrected chi connectivity index (χ3v) is 3.28. The van der Waals surface area contributed by atoms with Crippen LogP contribution in [-0.2, 0) is 11.2 Å². The molecule has 0 aliphatic heterocycles. The largest absolute Gasteiger partial charge is 0.492 e. The zero-order chi connectivity index (χ0) is 15.8. The van der Waals surface area contributed by atoms with Gasteiger partial charge >= 0.3 is 5.97 Å². The first-order chi connectivity index (χ1) is 9.97. The zero-order valence-corrected chi connectivity index (χ0v) is 13.1. The van der Waals surface area contributed by atoms with Crippen molar-refractivity contribution >= 4 is 11.7 Å². The molecule has 0 amide bonds. The summed E-state index contributed by atoms with van der Waals surface area (Å²) in [5.41, 5.74) is 7.62. The molecule has 2 unspecified atom stereocenters. The Morgan fingerprint density at radius 3 is 2.67 bits per heavy atom. The summed E-state index contributed by atoms with van der Waals surface area (Å²) >= 11 is 0. The molecule has 4 N–H and O–H groups in total. The highest BCUT2D eigenvalue weighted by Crippen LogP contribution is 2.23. The number of nitrogen functional groups attached to an aromatic ring is 1. The van der Waals surface area contributed by atoms with Crippen molar-refractivity contribution in [2.45, 2.75) is 52.1 Å². The summed E-state index contributed by atoms with van der Waals surface area (Å²) in [6, 6.07) is 5.29. The Bertz CT molecular complexity index is 463. The maximum Gasteiger partial charge on any atom is 0.320 e. The van der Waals surface area contributed by atoms with Gasteiger partial charge in [0.2, 0.25) is 0 Å². The lowest BCUT2D eigenvalue weighted by Crippen LogP contribution is -2.42. The zero-order valence-electron chi connectivity index (χ0n) is 13.1. The van der Waals surface area contributed by atoms with E-state index < -0.39 is 12.0 Å². The van der Waals surface area contributed by atoms with E-state index in [0.717, 1.165) is 18.4 Å². The number of anilines is 1. The fraction of sp³-hybridized carbons (Fsp3) is 0.562. The average molecular weight is 294 g/mol. The SMILES string of the molecule is CCCC(NC(C)Cc1ccc(OCC)c(N)c1)C(=O)O. The van der Waals surface area contributed by atoms with Gasteiger partial charge in [-0.25, -0.2) is 0 Å². The Labute approximate surface area is 126 Å². The molecule has 0 bridgehead atoms. The molecule has 0 heterocycles. The molecule has 0 saturated heterocycles. The van der Waals surface area contributed by atoms with Crippen molar-refractivity contribution in [3.8, 4) is 5.75 Å². The molecule has 0 aromatic heterocycles. The summed E-state index contributed by atoms with van der Waals surface area (Å²) in [7, 11) is 0. The van der Waals surface area contributed by atoms with E-state index in [9.17, 15) is 4.79 Å². The van der Waals surface area contributed by atoms with E-state index in [1.807, 2.05) is 39.0 Å². The molecule has 1 aromatic carbocycles. The van der Waals surface area contributed by atoms with Crippen molar-refractivity contribution in [3.63, 3.8) is 0 Å². The summed E-state index contributed by atoms with van der Waals surface area (Å²) in [4.78, 5) is 11.1. The number of nitrogens with two attached hydrogens (primary N) is 1. The molecular weight excluding hydrogens is 268 g/mol. The minimum atomic E-state index is -0.796. The van der Waals surface area contributed by atoms with E-state index in [0.29, 0.717) is 24.5 Å². The standard InChI is InChI=1S/C16H26N2O3/c1-4-6-14(16(19)20)18-11(3)9-12-7-8-15(21-5-2)13(17)10-12/h7-8,10-11,14,18H,4-6,9,17H2,1-3H3,(H,19,20). The first kappa shape index (κ1) is 17.3. The van der Waals surface area contributed by atoms with E-state index >= 15 is 0 Å². The number of ether oxygens (including phenoxy) is 1. The molecule has 118 valence electrons. The molecule has 0 radical (unpaired) electrons. The van der Waals surface area contributed by atoms with Crippen LogP contribution in [0.3, 0.4) is 0 Å². The summed E-state index contributed by atoms with van der Waals surface area (Å²) in [6.45, 7) is 6.46.